The summed E-state index contributed by atoms with van der Waals surface area (Å²) in [6.07, 6.45) is 7.48. The number of nitrogens with one attached hydrogen (secondary N) is 1. The molecule has 5 heteroatoms. The Balaban J connectivity index is 1.35. The fraction of sp³-hybridized carbons (Fsp3) is 0.889. The lowest BCUT2D eigenvalue weighted by atomic mass is 9.47. The second-order valence-corrected chi connectivity index (χ2v) is 8.78. The second kappa shape index (κ2) is 5.20. The highest BCUT2D eigenvalue weighted by molar-refractivity contribution is 5.84. The van der Waals surface area contributed by atoms with Gasteiger partial charge in [0.25, 0.3) is 5.91 Å². The molecule has 5 aliphatic carbocycles. The molecule has 0 spiro atoms. The average Bonchev–Trinajstić information content (AvgIpc) is 3.18. The van der Waals surface area contributed by atoms with Gasteiger partial charge in [-0.3, -0.25) is 9.59 Å². The first-order chi connectivity index (χ1) is 10.8. The average molecular weight is 321 g/mol. The first kappa shape index (κ1) is 15.4. The Hall–Kier alpha value is -1.10. The molecule has 5 fully saturated rings. The number of aliphatic hydroxyl groups is 1. The van der Waals surface area contributed by atoms with Crippen LogP contribution >= 0.6 is 0 Å². The molecule has 2 N–H and O–H groups in total. The highest BCUT2D eigenvalue weighted by Gasteiger charge is 2.57. The number of carbonyl (C=O) groups is 2. The lowest BCUT2D eigenvalue weighted by molar-refractivity contribution is -0.180. The monoisotopic (exact) mass is 321 g/mol. The number of carbonyl (C=O) groups excluding carboxylic acids is 2. The van der Waals surface area contributed by atoms with Crippen LogP contribution in [0.25, 0.3) is 0 Å². The minimum atomic E-state index is -0.722. The van der Waals surface area contributed by atoms with Crippen LogP contribution in [0.2, 0.25) is 0 Å². The molecule has 3 atom stereocenters. The molecule has 5 aliphatic rings. The van der Waals surface area contributed by atoms with Crippen molar-refractivity contribution in [2.75, 3.05) is 0 Å². The highest BCUT2D eigenvalue weighted by atomic mass is 16.5. The van der Waals surface area contributed by atoms with E-state index in [4.69, 9.17) is 4.74 Å². The van der Waals surface area contributed by atoms with Crippen molar-refractivity contribution in [1.82, 2.24) is 5.32 Å². The van der Waals surface area contributed by atoms with Gasteiger partial charge >= 0.3 is 5.97 Å². The topological polar surface area (TPSA) is 75.6 Å². The summed E-state index contributed by atoms with van der Waals surface area (Å²) < 4.78 is 5.38. The molecule has 0 heterocycles. The third-order valence-corrected chi connectivity index (χ3v) is 6.27. The molecule has 0 unspecified atom stereocenters. The van der Waals surface area contributed by atoms with Gasteiger partial charge in [-0.1, -0.05) is 0 Å². The van der Waals surface area contributed by atoms with Crippen molar-refractivity contribution in [1.29, 1.82) is 0 Å². The summed E-state index contributed by atoms with van der Waals surface area (Å²) in [4.78, 5) is 24.3. The zero-order chi connectivity index (χ0) is 16.2. The van der Waals surface area contributed by atoms with E-state index in [0.717, 1.165) is 44.9 Å². The third-order valence-electron chi connectivity index (χ3n) is 6.27. The van der Waals surface area contributed by atoms with Gasteiger partial charge in [-0.05, 0) is 75.5 Å². The number of esters is 1. The summed E-state index contributed by atoms with van der Waals surface area (Å²) in [5.41, 5.74) is -0.651. The van der Waals surface area contributed by atoms with Gasteiger partial charge < -0.3 is 15.2 Å². The molecule has 5 rings (SSSR count). The molecule has 0 aromatic heterocycles. The molecule has 5 saturated carbocycles. The van der Waals surface area contributed by atoms with Crippen LogP contribution in [0.4, 0.5) is 0 Å². The fourth-order valence-corrected chi connectivity index (χ4v) is 5.75. The summed E-state index contributed by atoms with van der Waals surface area (Å²) in [5.74, 6) is 0.647. The van der Waals surface area contributed by atoms with E-state index >= 15 is 0 Å². The van der Waals surface area contributed by atoms with Gasteiger partial charge in [0, 0.05) is 6.04 Å². The van der Waals surface area contributed by atoms with Crippen LogP contribution in [-0.4, -0.2) is 34.7 Å². The second-order valence-electron chi connectivity index (χ2n) is 8.78. The van der Waals surface area contributed by atoms with Gasteiger partial charge in [0.1, 0.15) is 0 Å². The maximum atomic E-state index is 12.4. The van der Waals surface area contributed by atoms with Crippen LogP contribution in [0.5, 0.6) is 0 Å². The maximum absolute atomic E-state index is 12.4. The molecule has 4 bridgehead atoms. The molecule has 0 aromatic rings. The smallest absolute Gasteiger partial charge is 0.307 e. The van der Waals surface area contributed by atoms with Gasteiger partial charge in [-0.15, -0.1) is 0 Å². The zero-order valence-electron chi connectivity index (χ0n) is 13.8. The summed E-state index contributed by atoms with van der Waals surface area (Å²) in [6, 6.07) is 0.279. The van der Waals surface area contributed by atoms with Crippen LogP contribution in [-0.2, 0) is 14.3 Å². The largest absolute Gasteiger partial charge is 0.453 e. The highest BCUT2D eigenvalue weighted by Crippen LogP contribution is 2.62. The van der Waals surface area contributed by atoms with E-state index in [2.05, 4.69) is 5.32 Å². The van der Waals surface area contributed by atoms with Crippen molar-refractivity contribution < 1.29 is 19.4 Å². The van der Waals surface area contributed by atoms with E-state index in [9.17, 15) is 14.7 Å². The van der Waals surface area contributed by atoms with Crippen LogP contribution in [0, 0.1) is 17.3 Å². The van der Waals surface area contributed by atoms with E-state index in [1.807, 2.05) is 0 Å². The Morgan fingerprint density at radius 2 is 1.87 bits per heavy atom. The number of amides is 1. The van der Waals surface area contributed by atoms with Crippen molar-refractivity contribution in [3.05, 3.63) is 0 Å². The molecular formula is C18H27NO4. The summed E-state index contributed by atoms with van der Waals surface area (Å²) in [5, 5.41) is 13.6. The van der Waals surface area contributed by atoms with E-state index in [1.54, 1.807) is 6.92 Å². The van der Waals surface area contributed by atoms with Crippen molar-refractivity contribution in [3.8, 4) is 0 Å². The Bertz CT molecular complexity index is 513. The van der Waals surface area contributed by atoms with E-state index in [-0.39, 0.29) is 23.3 Å². The molecule has 0 aliphatic heterocycles. The van der Waals surface area contributed by atoms with E-state index in [0.29, 0.717) is 18.3 Å². The first-order valence-electron chi connectivity index (χ1n) is 9.07. The number of rotatable bonds is 5. The van der Waals surface area contributed by atoms with E-state index < -0.39 is 11.7 Å². The van der Waals surface area contributed by atoms with Gasteiger partial charge in [-0.25, -0.2) is 0 Å². The molecule has 128 valence electrons. The molecule has 1 amide bonds. The van der Waals surface area contributed by atoms with Crippen LogP contribution in [0.15, 0.2) is 0 Å². The predicted molar refractivity (Wildman–Crippen MR) is 83.4 cm³/mol. The summed E-state index contributed by atoms with van der Waals surface area (Å²) in [7, 11) is 0. The SMILES string of the molecule is C[C@H](OC(=O)CC12C[C@@H]3C[C@H](CC(O)(C3)C1)C2)C(=O)NC1CC1. The molecule has 0 aromatic carbocycles. The third kappa shape index (κ3) is 3.12. The van der Waals surface area contributed by atoms with Crippen LogP contribution < -0.4 is 5.32 Å². The van der Waals surface area contributed by atoms with Gasteiger partial charge in [0.05, 0.1) is 12.0 Å². The van der Waals surface area contributed by atoms with Crippen LogP contribution in [0.1, 0.15) is 64.7 Å². The Morgan fingerprint density at radius 3 is 2.43 bits per heavy atom. The van der Waals surface area contributed by atoms with Crippen molar-refractivity contribution in [2.45, 2.75) is 82.5 Å². The number of ether oxygens (including phenoxy) is 1. The molecule has 0 saturated heterocycles. The minimum absolute atomic E-state index is 0.0946. The van der Waals surface area contributed by atoms with Crippen LogP contribution in [0.3, 0.4) is 0 Å². The van der Waals surface area contributed by atoms with Crippen molar-refractivity contribution in [3.63, 3.8) is 0 Å². The predicted octanol–water partition coefficient (Wildman–Crippen LogP) is 1.92. The van der Waals surface area contributed by atoms with Gasteiger partial charge in [0.2, 0.25) is 0 Å². The summed E-state index contributed by atoms with van der Waals surface area (Å²) >= 11 is 0. The standard InChI is InChI=1S/C18H27NO4/c1-11(16(21)19-14-2-3-14)23-15(20)9-17-5-12-4-13(6-17)8-18(22,7-12)10-17/h11-14,22H,2-10H2,1H3,(H,19,21)/t11-,12-,13-,17?,18?/m0/s1. The quantitative estimate of drug-likeness (QED) is 0.759. The van der Waals surface area contributed by atoms with Crippen molar-refractivity contribution >= 4 is 11.9 Å². The molecular weight excluding hydrogens is 294 g/mol. The number of hydrogen-bond acceptors (Lipinski definition) is 4. The van der Waals surface area contributed by atoms with Gasteiger partial charge in [-0.2, -0.15) is 0 Å². The lowest BCUT2D eigenvalue weighted by Gasteiger charge is -2.60. The molecule has 23 heavy (non-hydrogen) atoms. The molecule has 0 radical (unpaired) electrons. The Kier molecular flexibility index (Phi) is 3.49. The van der Waals surface area contributed by atoms with E-state index in [1.165, 1.54) is 6.42 Å². The normalized spacial score (nSPS) is 42.3. The lowest BCUT2D eigenvalue weighted by Crippen LogP contribution is -2.56. The van der Waals surface area contributed by atoms with Gasteiger partial charge in [0.15, 0.2) is 6.10 Å². The zero-order valence-corrected chi connectivity index (χ0v) is 13.8. The Labute approximate surface area is 137 Å². The fourth-order valence-electron chi connectivity index (χ4n) is 5.75. The molecule has 5 nitrogen and oxygen atoms in total. The summed E-state index contributed by atoms with van der Waals surface area (Å²) in [6.45, 7) is 1.64. The Morgan fingerprint density at radius 1 is 1.22 bits per heavy atom. The minimum Gasteiger partial charge on any atom is -0.453 e. The number of hydrogen-bond donors (Lipinski definition) is 2. The first-order valence-corrected chi connectivity index (χ1v) is 9.07. The van der Waals surface area contributed by atoms with Crippen molar-refractivity contribution in [2.24, 2.45) is 17.3 Å². The maximum Gasteiger partial charge on any atom is 0.307 e.